The summed E-state index contributed by atoms with van der Waals surface area (Å²) in [5.41, 5.74) is 5.91. The van der Waals surface area contributed by atoms with Crippen molar-refractivity contribution < 1.29 is 41.5 Å². The number of nitrogens with zero attached hydrogens (tertiary/aromatic N) is 5. The van der Waals surface area contributed by atoms with Gasteiger partial charge in [0.15, 0.2) is 11.6 Å². The molecule has 2 aromatic carbocycles. The lowest BCUT2D eigenvalue weighted by Gasteiger charge is -2.30. The predicted octanol–water partition coefficient (Wildman–Crippen LogP) is 11.9. The maximum atomic E-state index is 14.9. The number of benzene rings is 2. The standard InChI is InChI=1S/C48H63ClFN6O8P/c1-4-5-6-7-8-9-10-11-12-13-14-15-16-17-18-21-38(58-30-36-26-35(29-51)27-37(50)28-36)31-59-65(57,64-42-23-20-19-22-39(42)49)60-33-48(32-52)45-44(61-47(2,3)63-45)43(62-48)40-24-25-41-46(53)54-34-55-56(40)41/h19-20,22-28,34,38,43-45H,4-18,21,30-31,33H2,1-3H3,(H2,53,54,55)/t38-,43+,44+,45+,48-,65?/m1/s1. The van der Waals surface area contributed by atoms with Gasteiger partial charge in [0.05, 0.1) is 41.7 Å². The van der Waals surface area contributed by atoms with Crippen molar-refractivity contribution in [1.29, 1.82) is 10.5 Å². The van der Waals surface area contributed by atoms with Crippen molar-refractivity contribution in [3.05, 3.63) is 88.6 Å². The third-order valence-electron chi connectivity index (χ3n) is 11.8. The molecule has 0 radical (unpaired) electrons. The number of nitrogens with two attached hydrogens (primary N) is 1. The summed E-state index contributed by atoms with van der Waals surface area (Å²) in [6.07, 6.45) is 16.7. The molecule has 352 valence electrons. The van der Waals surface area contributed by atoms with Crippen LogP contribution in [-0.4, -0.2) is 57.5 Å². The number of anilines is 1. The van der Waals surface area contributed by atoms with E-state index < -0.39 is 56.1 Å². The molecule has 1 unspecified atom stereocenters. The van der Waals surface area contributed by atoms with Gasteiger partial charge in [-0.05, 0) is 68.3 Å². The molecule has 0 bridgehead atoms. The SMILES string of the molecule is CCCCCCCCCCCCCCCCC[C@H](COP(=O)(OC[C@@]1(C#N)O[C@@H](c2ccc3c(N)ncnn23)[C@@H]2OC(C)(C)O[C@@H]21)Oc1ccccc1Cl)OCc1cc(F)cc(C#N)c1. The number of phosphoric ester groups is 1. The van der Waals surface area contributed by atoms with Crippen molar-refractivity contribution in [3.8, 4) is 17.9 Å². The lowest BCUT2D eigenvalue weighted by molar-refractivity contribution is -0.204. The first-order valence-electron chi connectivity index (χ1n) is 23.1. The lowest BCUT2D eigenvalue weighted by atomic mass is 9.96. The van der Waals surface area contributed by atoms with Crippen LogP contribution in [0.5, 0.6) is 5.75 Å². The Morgan fingerprint density at radius 1 is 0.908 bits per heavy atom. The molecule has 6 atom stereocenters. The Balaban J connectivity index is 1.12. The van der Waals surface area contributed by atoms with E-state index in [0.717, 1.165) is 31.7 Å². The fraction of sp³-hybridized carbons (Fsp3) is 0.583. The monoisotopic (exact) mass is 936 g/mol. The van der Waals surface area contributed by atoms with Crippen molar-refractivity contribution in [2.24, 2.45) is 0 Å². The molecular weight excluding hydrogens is 874 g/mol. The van der Waals surface area contributed by atoms with E-state index in [1.165, 1.54) is 89.1 Å². The molecule has 0 saturated carbocycles. The van der Waals surface area contributed by atoms with Crippen LogP contribution in [0.15, 0.2) is 60.9 Å². The van der Waals surface area contributed by atoms with Gasteiger partial charge < -0.3 is 29.2 Å². The first-order chi connectivity index (χ1) is 31.4. The molecule has 2 aliphatic rings. The molecule has 2 aliphatic heterocycles. The van der Waals surface area contributed by atoms with E-state index >= 15 is 0 Å². The summed E-state index contributed by atoms with van der Waals surface area (Å²) in [6, 6.07) is 18.1. The topological polar surface area (TPSA) is 185 Å². The molecule has 65 heavy (non-hydrogen) atoms. The van der Waals surface area contributed by atoms with Gasteiger partial charge in [-0.15, -0.1) is 0 Å². The summed E-state index contributed by atoms with van der Waals surface area (Å²) in [5.74, 6) is -1.41. The summed E-state index contributed by atoms with van der Waals surface area (Å²) in [5, 5.41) is 24.8. The number of fused-ring (bicyclic) bond motifs is 2. The van der Waals surface area contributed by atoms with Gasteiger partial charge in [0, 0.05) is 0 Å². The summed E-state index contributed by atoms with van der Waals surface area (Å²) < 4.78 is 74.3. The number of unbranched alkanes of at least 4 members (excludes halogenated alkanes) is 14. The zero-order chi connectivity index (χ0) is 46.3. The van der Waals surface area contributed by atoms with Gasteiger partial charge in [0.1, 0.15) is 54.4 Å². The minimum absolute atomic E-state index is 0.0220. The third-order valence-corrected chi connectivity index (χ3v) is 13.5. The minimum atomic E-state index is -4.65. The van der Waals surface area contributed by atoms with E-state index in [1.54, 1.807) is 54.8 Å². The highest BCUT2D eigenvalue weighted by Gasteiger charge is 2.65. The maximum Gasteiger partial charge on any atom is 0.530 e. The molecule has 4 aromatic rings. The Morgan fingerprint density at radius 3 is 2.25 bits per heavy atom. The molecule has 0 spiro atoms. The van der Waals surface area contributed by atoms with Gasteiger partial charge in [-0.25, -0.2) is 18.5 Å². The molecule has 4 heterocycles. The highest BCUT2D eigenvalue weighted by Crippen LogP contribution is 2.55. The van der Waals surface area contributed by atoms with Gasteiger partial charge in [-0.3, -0.25) is 9.05 Å². The van der Waals surface area contributed by atoms with Crippen LogP contribution in [0.1, 0.15) is 146 Å². The number of hydrogen-bond donors (Lipinski definition) is 1. The fourth-order valence-corrected chi connectivity index (χ4v) is 9.94. The van der Waals surface area contributed by atoms with Crippen molar-refractivity contribution >= 4 is 30.8 Å². The van der Waals surface area contributed by atoms with Crippen molar-refractivity contribution in [2.45, 2.75) is 166 Å². The van der Waals surface area contributed by atoms with Gasteiger partial charge in [0.25, 0.3) is 0 Å². The van der Waals surface area contributed by atoms with Crippen LogP contribution in [0.2, 0.25) is 5.02 Å². The number of para-hydroxylation sites is 1. The van der Waals surface area contributed by atoms with Crippen molar-refractivity contribution in [3.63, 3.8) is 0 Å². The van der Waals surface area contributed by atoms with Gasteiger partial charge in [-0.2, -0.15) is 15.6 Å². The summed E-state index contributed by atoms with van der Waals surface area (Å²) >= 11 is 6.48. The van der Waals surface area contributed by atoms with Gasteiger partial charge in [0.2, 0.25) is 5.60 Å². The number of rotatable bonds is 28. The van der Waals surface area contributed by atoms with Crippen LogP contribution in [0, 0.1) is 28.5 Å². The summed E-state index contributed by atoms with van der Waals surface area (Å²) in [4.78, 5) is 4.07. The van der Waals surface area contributed by atoms with E-state index in [0.29, 0.717) is 23.2 Å². The van der Waals surface area contributed by atoms with Crippen LogP contribution in [0.25, 0.3) is 5.52 Å². The molecule has 2 N–H and O–H groups in total. The number of ether oxygens (including phenoxy) is 4. The summed E-state index contributed by atoms with van der Waals surface area (Å²) in [7, 11) is -4.65. The average molecular weight is 937 g/mol. The molecular formula is C48H63ClFN6O8P. The number of phosphoric acid groups is 1. The minimum Gasteiger partial charge on any atom is -0.402 e. The van der Waals surface area contributed by atoms with E-state index in [1.807, 2.05) is 6.07 Å². The first kappa shape index (κ1) is 50.3. The average Bonchev–Trinajstić information content (AvgIpc) is 3.95. The molecule has 2 fully saturated rings. The second-order valence-electron chi connectivity index (χ2n) is 17.4. The Kier molecular flexibility index (Phi) is 18.6. The maximum absolute atomic E-state index is 14.9. The van der Waals surface area contributed by atoms with E-state index in [9.17, 15) is 19.5 Å². The van der Waals surface area contributed by atoms with Crippen molar-refractivity contribution in [2.75, 3.05) is 18.9 Å². The molecule has 0 aliphatic carbocycles. The Labute approximate surface area is 387 Å². The van der Waals surface area contributed by atoms with E-state index in [-0.39, 0.29) is 35.4 Å². The normalized spacial score (nSPS) is 21.4. The van der Waals surface area contributed by atoms with Gasteiger partial charge >= 0.3 is 7.82 Å². The zero-order valence-electron chi connectivity index (χ0n) is 37.8. The van der Waals surface area contributed by atoms with Crippen molar-refractivity contribution in [1.82, 2.24) is 14.6 Å². The summed E-state index contributed by atoms with van der Waals surface area (Å²) in [6.45, 7) is 4.76. The van der Waals surface area contributed by atoms with Crippen LogP contribution in [0.3, 0.4) is 0 Å². The van der Waals surface area contributed by atoms with Crippen LogP contribution in [0.4, 0.5) is 10.2 Å². The smallest absolute Gasteiger partial charge is 0.402 e. The second kappa shape index (κ2) is 24.0. The number of hydrogen-bond acceptors (Lipinski definition) is 13. The largest absolute Gasteiger partial charge is 0.530 e. The second-order valence-corrected chi connectivity index (χ2v) is 19.4. The number of halogens is 2. The number of nitriles is 2. The van der Waals surface area contributed by atoms with E-state index in [4.69, 9.17) is 49.9 Å². The highest BCUT2D eigenvalue weighted by molar-refractivity contribution is 7.49. The molecule has 0 amide bonds. The number of nitrogen functional groups attached to an aromatic ring is 1. The molecule has 2 saturated heterocycles. The molecule has 17 heteroatoms. The third kappa shape index (κ3) is 13.9. The number of aromatic nitrogens is 3. The van der Waals surface area contributed by atoms with Crippen LogP contribution < -0.4 is 10.3 Å². The van der Waals surface area contributed by atoms with Crippen LogP contribution in [-0.2, 0) is 39.2 Å². The Morgan fingerprint density at radius 2 is 1.58 bits per heavy atom. The highest BCUT2D eigenvalue weighted by atomic mass is 35.5. The molecule has 14 nitrogen and oxygen atoms in total. The lowest BCUT2D eigenvalue weighted by Crippen LogP contribution is -2.46. The fourth-order valence-electron chi connectivity index (χ4n) is 8.44. The molecule has 6 rings (SSSR count). The predicted molar refractivity (Wildman–Crippen MR) is 244 cm³/mol. The van der Waals surface area contributed by atoms with E-state index in [2.05, 4.69) is 23.1 Å². The van der Waals surface area contributed by atoms with Gasteiger partial charge in [-0.1, -0.05) is 127 Å². The van der Waals surface area contributed by atoms with Crippen LogP contribution >= 0.6 is 19.4 Å². The Bertz CT molecular complexity index is 2290. The quantitative estimate of drug-likeness (QED) is 0.0419. The first-order valence-corrected chi connectivity index (χ1v) is 24.9. The molecule has 2 aromatic heterocycles. The zero-order valence-corrected chi connectivity index (χ0v) is 39.5. The Hall–Kier alpha value is -4.15.